The molecule has 5 rings (SSSR count). The lowest BCUT2D eigenvalue weighted by atomic mass is 9.87. The van der Waals surface area contributed by atoms with Crippen molar-refractivity contribution in [1.82, 2.24) is 10.3 Å². The second-order valence-electron chi connectivity index (χ2n) is 10.4. The second-order valence-corrected chi connectivity index (χ2v) is 10.8. The van der Waals surface area contributed by atoms with Crippen LogP contribution in [0.5, 0.6) is 0 Å². The lowest BCUT2D eigenvalue weighted by Gasteiger charge is -2.39. The Bertz CT molecular complexity index is 1600. The number of anilines is 2. The van der Waals surface area contributed by atoms with Crippen LogP contribution < -0.4 is 15.1 Å². The molecule has 12 heteroatoms. The van der Waals surface area contributed by atoms with Crippen molar-refractivity contribution < 1.29 is 27.6 Å². The van der Waals surface area contributed by atoms with E-state index in [1.165, 1.54) is 11.0 Å². The summed E-state index contributed by atoms with van der Waals surface area (Å²) in [6, 6.07) is 12.4. The second kappa shape index (κ2) is 11.4. The van der Waals surface area contributed by atoms with E-state index in [2.05, 4.69) is 10.3 Å². The van der Waals surface area contributed by atoms with Gasteiger partial charge in [-0.2, -0.15) is 5.26 Å². The molecule has 2 atom stereocenters. The van der Waals surface area contributed by atoms with Crippen LogP contribution in [0, 0.1) is 24.1 Å². The van der Waals surface area contributed by atoms with Crippen LogP contribution in [-0.4, -0.2) is 40.7 Å². The number of amides is 3. The minimum Gasteiger partial charge on any atom is -0.351 e. The van der Waals surface area contributed by atoms with Crippen molar-refractivity contribution in [3.05, 3.63) is 88.3 Å². The Morgan fingerprint density at radius 2 is 1.93 bits per heavy atom. The summed E-state index contributed by atoms with van der Waals surface area (Å²) in [5.41, 5.74) is 0.893. The topological polar surface area (TPSA) is 106 Å². The fraction of sp³-hybridized carbons (Fsp3) is 0.300. The van der Waals surface area contributed by atoms with E-state index in [1.54, 1.807) is 55.5 Å². The lowest BCUT2D eigenvalue weighted by Crippen LogP contribution is -2.56. The van der Waals surface area contributed by atoms with Gasteiger partial charge in [0.15, 0.2) is 11.6 Å². The summed E-state index contributed by atoms with van der Waals surface area (Å²) < 4.78 is 42.5. The third-order valence-corrected chi connectivity index (χ3v) is 7.72. The van der Waals surface area contributed by atoms with Gasteiger partial charge in [-0.3, -0.25) is 24.2 Å². The molecule has 1 aliphatic carbocycles. The first-order valence-corrected chi connectivity index (χ1v) is 13.6. The van der Waals surface area contributed by atoms with Crippen molar-refractivity contribution in [1.29, 1.82) is 5.26 Å². The Kier molecular flexibility index (Phi) is 7.93. The molecule has 8 nitrogen and oxygen atoms in total. The number of halogens is 4. The molecule has 1 aliphatic heterocycles. The summed E-state index contributed by atoms with van der Waals surface area (Å²) in [5, 5.41) is 12.1. The molecule has 2 heterocycles. The number of nitriles is 1. The molecule has 1 N–H and O–H groups in total. The summed E-state index contributed by atoms with van der Waals surface area (Å²) in [6.07, 6.45) is -0.0641. The van der Waals surface area contributed by atoms with Gasteiger partial charge in [-0.25, -0.2) is 18.2 Å². The van der Waals surface area contributed by atoms with Crippen LogP contribution in [0.2, 0.25) is 5.02 Å². The molecule has 1 aromatic heterocycles. The first-order valence-electron chi connectivity index (χ1n) is 13.2. The smallest absolute Gasteiger partial charge is 0.252 e. The van der Waals surface area contributed by atoms with Gasteiger partial charge in [-0.15, -0.1) is 0 Å². The number of hydrogen-bond donors (Lipinski definition) is 1. The molecule has 2 aromatic carbocycles. The minimum absolute atomic E-state index is 0.0242. The molecule has 1 saturated heterocycles. The molecule has 2 aliphatic rings. The minimum atomic E-state index is -2.90. The van der Waals surface area contributed by atoms with E-state index in [-0.39, 0.29) is 34.7 Å². The van der Waals surface area contributed by atoms with Crippen molar-refractivity contribution in [2.75, 3.05) is 9.80 Å². The van der Waals surface area contributed by atoms with Crippen LogP contribution in [0.4, 0.5) is 24.7 Å². The van der Waals surface area contributed by atoms with Gasteiger partial charge in [0.1, 0.15) is 18.2 Å². The highest BCUT2D eigenvalue weighted by Gasteiger charge is 2.49. The Labute approximate surface area is 244 Å². The van der Waals surface area contributed by atoms with Gasteiger partial charge in [0.05, 0.1) is 5.56 Å². The maximum atomic E-state index is 15.2. The van der Waals surface area contributed by atoms with Crippen LogP contribution in [0.15, 0.2) is 60.8 Å². The van der Waals surface area contributed by atoms with Crippen LogP contribution in [0.1, 0.15) is 48.4 Å². The van der Waals surface area contributed by atoms with Gasteiger partial charge >= 0.3 is 0 Å². The zero-order chi connectivity index (χ0) is 30.2. The largest absolute Gasteiger partial charge is 0.351 e. The zero-order valence-corrected chi connectivity index (χ0v) is 23.1. The fourth-order valence-corrected chi connectivity index (χ4v) is 5.59. The summed E-state index contributed by atoms with van der Waals surface area (Å²) in [6.45, 7) is 1.78. The van der Waals surface area contributed by atoms with Crippen LogP contribution in [0.3, 0.4) is 0 Å². The van der Waals surface area contributed by atoms with Gasteiger partial charge in [0.25, 0.3) is 11.8 Å². The lowest BCUT2D eigenvalue weighted by molar-refractivity contribution is -0.133. The first kappa shape index (κ1) is 29.1. The highest BCUT2D eigenvalue weighted by molar-refractivity contribution is 6.31. The Morgan fingerprint density at radius 1 is 1.19 bits per heavy atom. The van der Waals surface area contributed by atoms with Gasteiger partial charge in [-0.1, -0.05) is 41.9 Å². The normalized spacial score (nSPS) is 18.6. The quantitative estimate of drug-likeness (QED) is 0.402. The van der Waals surface area contributed by atoms with Crippen LogP contribution >= 0.6 is 11.6 Å². The summed E-state index contributed by atoms with van der Waals surface area (Å²) in [4.78, 5) is 47.5. The molecule has 42 heavy (non-hydrogen) atoms. The van der Waals surface area contributed by atoms with Crippen molar-refractivity contribution in [3.8, 4) is 6.07 Å². The summed E-state index contributed by atoms with van der Waals surface area (Å²) in [7, 11) is 0. The van der Waals surface area contributed by atoms with Crippen molar-refractivity contribution in [3.63, 3.8) is 0 Å². The van der Waals surface area contributed by atoms with E-state index in [0.717, 1.165) is 22.7 Å². The highest BCUT2D eigenvalue weighted by Crippen LogP contribution is 2.40. The van der Waals surface area contributed by atoms with Crippen LogP contribution in [0.25, 0.3) is 0 Å². The summed E-state index contributed by atoms with van der Waals surface area (Å²) in [5.74, 6) is -6.51. The number of alkyl halides is 2. The maximum Gasteiger partial charge on any atom is 0.252 e. The Morgan fingerprint density at radius 3 is 2.60 bits per heavy atom. The van der Waals surface area contributed by atoms with E-state index in [0.29, 0.717) is 0 Å². The standard InChI is InChI=1S/C30H25ClF3N5O3/c1-17-5-4-6-20(13-17)38(26(21-7-2-3-8-22(21)31)28(41)37-19-14-30(33,34)15-19)29(42)23-9-10-24(40)39(23)27-25(32)18(16-35)11-12-36-27/h2-8,11-13,19,23,26H,9-10,14-15H2,1H3,(H,37,41)/t23-,26-/m0/s1. The number of rotatable bonds is 7. The molecule has 1 saturated carbocycles. The number of carbonyl (C=O) groups excluding carboxylic acids is 3. The molecular formula is C30H25ClF3N5O3. The molecule has 0 radical (unpaired) electrons. The van der Waals surface area contributed by atoms with Crippen molar-refractivity contribution in [2.24, 2.45) is 0 Å². The molecule has 216 valence electrons. The molecule has 3 aromatic rings. The zero-order valence-electron chi connectivity index (χ0n) is 22.4. The molecule has 0 bridgehead atoms. The number of benzene rings is 2. The van der Waals surface area contributed by atoms with Crippen LogP contribution in [-0.2, 0) is 14.4 Å². The third kappa shape index (κ3) is 5.54. The maximum absolute atomic E-state index is 15.2. The van der Waals surface area contributed by atoms with Gasteiger partial charge in [-0.05, 0) is 43.2 Å². The number of nitrogens with one attached hydrogen (secondary N) is 1. The SMILES string of the molecule is Cc1cccc(N(C(=O)[C@@H]2CCC(=O)N2c2nccc(C#N)c2F)[C@H](C(=O)NC2CC(F)(F)C2)c2ccccc2Cl)c1. The predicted molar refractivity (Wildman–Crippen MR) is 148 cm³/mol. The number of aromatic nitrogens is 1. The van der Waals surface area contributed by atoms with Gasteiger partial charge in [0, 0.05) is 47.8 Å². The number of hydrogen-bond acceptors (Lipinski definition) is 5. The highest BCUT2D eigenvalue weighted by atomic mass is 35.5. The van der Waals surface area contributed by atoms with E-state index in [9.17, 15) is 28.4 Å². The number of aryl methyl sites for hydroxylation is 1. The third-order valence-electron chi connectivity index (χ3n) is 7.38. The monoisotopic (exact) mass is 595 g/mol. The molecule has 3 amide bonds. The van der Waals surface area contributed by atoms with Crippen molar-refractivity contribution >= 4 is 40.8 Å². The number of nitrogens with zero attached hydrogens (tertiary/aromatic N) is 4. The number of pyridine rings is 1. The molecule has 0 spiro atoms. The summed E-state index contributed by atoms with van der Waals surface area (Å²) >= 11 is 6.53. The van der Waals surface area contributed by atoms with E-state index < -0.39 is 66.2 Å². The fourth-order valence-electron chi connectivity index (χ4n) is 5.35. The predicted octanol–water partition coefficient (Wildman–Crippen LogP) is 5.24. The Balaban J connectivity index is 1.62. The molecular weight excluding hydrogens is 571 g/mol. The van der Waals surface area contributed by atoms with Gasteiger partial charge < -0.3 is 5.32 Å². The van der Waals surface area contributed by atoms with E-state index >= 15 is 4.39 Å². The molecule has 2 fully saturated rings. The average molecular weight is 596 g/mol. The average Bonchev–Trinajstić information content (AvgIpc) is 3.32. The number of carbonyl (C=O) groups is 3. The van der Waals surface area contributed by atoms with E-state index in [1.807, 2.05) is 0 Å². The Hall–Kier alpha value is -4.43. The van der Waals surface area contributed by atoms with Gasteiger partial charge in [0.2, 0.25) is 11.8 Å². The van der Waals surface area contributed by atoms with E-state index in [4.69, 9.17) is 11.6 Å². The first-order chi connectivity index (χ1) is 20.0. The molecule has 0 unspecified atom stereocenters. The van der Waals surface area contributed by atoms with Crippen molar-refractivity contribution in [2.45, 2.75) is 56.7 Å².